The van der Waals surface area contributed by atoms with E-state index in [2.05, 4.69) is 6.26 Å². The van der Waals surface area contributed by atoms with Crippen LogP contribution in [-0.2, 0) is 4.79 Å². The monoisotopic (exact) mass is 180 g/mol. The quantitative estimate of drug-likeness (QED) is 0.629. The first-order chi connectivity index (χ1) is 4.77. The summed E-state index contributed by atoms with van der Waals surface area (Å²) in [6, 6.07) is 0. The SMILES string of the molecule is CSCCCSCC(=O)O. The Bertz CT molecular complexity index is 95.7. The molecule has 0 saturated carbocycles. The van der Waals surface area contributed by atoms with Gasteiger partial charge in [0, 0.05) is 0 Å². The molecule has 0 fully saturated rings. The summed E-state index contributed by atoms with van der Waals surface area (Å²) in [4.78, 5) is 10.0. The van der Waals surface area contributed by atoms with Gasteiger partial charge in [-0.05, 0) is 24.2 Å². The van der Waals surface area contributed by atoms with Gasteiger partial charge in [-0.25, -0.2) is 0 Å². The highest BCUT2D eigenvalue weighted by Crippen LogP contribution is 2.04. The fourth-order valence-electron chi connectivity index (χ4n) is 0.465. The van der Waals surface area contributed by atoms with Gasteiger partial charge in [0.1, 0.15) is 0 Å². The molecule has 0 aromatic carbocycles. The summed E-state index contributed by atoms with van der Waals surface area (Å²) < 4.78 is 0. The summed E-state index contributed by atoms with van der Waals surface area (Å²) in [5.41, 5.74) is 0. The molecule has 0 aliphatic heterocycles. The Hall–Kier alpha value is 0.170. The van der Waals surface area contributed by atoms with Gasteiger partial charge in [-0.1, -0.05) is 0 Å². The number of aliphatic carboxylic acids is 1. The lowest BCUT2D eigenvalue weighted by Gasteiger charge is -1.95. The van der Waals surface area contributed by atoms with Crippen LogP contribution in [0.15, 0.2) is 0 Å². The summed E-state index contributed by atoms with van der Waals surface area (Å²) in [6.45, 7) is 0. The van der Waals surface area contributed by atoms with Crippen molar-refractivity contribution < 1.29 is 9.90 Å². The van der Waals surface area contributed by atoms with Gasteiger partial charge in [0.25, 0.3) is 0 Å². The maximum absolute atomic E-state index is 10.0. The van der Waals surface area contributed by atoms with Crippen LogP contribution in [0.1, 0.15) is 6.42 Å². The molecule has 0 bridgehead atoms. The Labute approximate surface area is 69.8 Å². The lowest BCUT2D eigenvalue weighted by molar-refractivity contribution is -0.133. The Balaban J connectivity index is 2.84. The van der Waals surface area contributed by atoms with Crippen molar-refractivity contribution in [2.24, 2.45) is 0 Å². The van der Waals surface area contributed by atoms with Gasteiger partial charge in [0.05, 0.1) is 5.75 Å². The van der Waals surface area contributed by atoms with E-state index in [0.29, 0.717) is 0 Å². The summed E-state index contributed by atoms with van der Waals surface area (Å²) in [6.07, 6.45) is 3.17. The van der Waals surface area contributed by atoms with E-state index < -0.39 is 5.97 Å². The summed E-state index contributed by atoms with van der Waals surface area (Å²) in [5, 5.41) is 8.24. The number of hydrogen-bond donors (Lipinski definition) is 1. The first kappa shape index (κ1) is 10.2. The molecule has 0 aliphatic rings. The minimum Gasteiger partial charge on any atom is -0.481 e. The van der Waals surface area contributed by atoms with Crippen molar-refractivity contribution in [3.8, 4) is 0 Å². The van der Waals surface area contributed by atoms with Crippen molar-refractivity contribution in [2.75, 3.05) is 23.5 Å². The molecule has 0 unspecified atom stereocenters. The van der Waals surface area contributed by atoms with E-state index in [-0.39, 0.29) is 5.75 Å². The molecule has 0 saturated heterocycles. The van der Waals surface area contributed by atoms with Gasteiger partial charge in [0.15, 0.2) is 0 Å². The number of carboxylic acid groups (broad SMARTS) is 1. The number of carboxylic acids is 1. The van der Waals surface area contributed by atoms with E-state index in [1.54, 1.807) is 11.8 Å². The van der Waals surface area contributed by atoms with Crippen LogP contribution in [0, 0.1) is 0 Å². The highest BCUT2D eigenvalue weighted by Gasteiger charge is 1.94. The average Bonchev–Trinajstić information content (AvgIpc) is 1.87. The van der Waals surface area contributed by atoms with Crippen LogP contribution in [-0.4, -0.2) is 34.6 Å². The molecule has 0 aromatic rings. The fraction of sp³-hybridized carbons (Fsp3) is 0.833. The van der Waals surface area contributed by atoms with Crippen molar-refractivity contribution in [2.45, 2.75) is 6.42 Å². The highest BCUT2D eigenvalue weighted by molar-refractivity contribution is 8.00. The van der Waals surface area contributed by atoms with Crippen LogP contribution in [0.4, 0.5) is 0 Å². The van der Waals surface area contributed by atoms with Gasteiger partial charge >= 0.3 is 5.97 Å². The zero-order valence-electron chi connectivity index (χ0n) is 6.00. The number of hydrogen-bond acceptors (Lipinski definition) is 3. The maximum Gasteiger partial charge on any atom is 0.313 e. The Morgan fingerprint density at radius 2 is 2.20 bits per heavy atom. The first-order valence-electron chi connectivity index (χ1n) is 3.06. The second kappa shape index (κ2) is 7.28. The molecule has 0 aliphatic carbocycles. The molecule has 10 heavy (non-hydrogen) atoms. The molecule has 0 atom stereocenters. The fourth-order valence-corrected chi connectivity index (χ4v) is 1.75. The van der Waals surface area contributed by atoms with Gasteiger partial charge in [0.2, 0.25) is 0 Å². The van der Waals surface area contributed by atoms with Crippen LogP contribution in [0.2, 0.25) is 0 Å². The van der Waals surface area contributed by atoms with E-state index >= 15 is 0 Å². The number of carbonyl (C=O) groups is 1. The Morgan fingerprint density at radius 1 is 1.50 bits per heavy atom. The molecule has 0 spiro atoms. The molecule has 0 aromatic heterocycles. The van der Waals surface area contributed by atoms with E-state index in [9.17, 15) is 4.79 Å². The summed E-state index contributed by atoms with van der Waals surface area (Å²) in [5.74, 6) is 1.63. The zero-order chi connectivity index (χ0) is 7.82. The minimum atomic E-state index is -0.714. The van der Waals surface area contributed by atoms with Gasteiger partial charge in [-0.15, -0.1) is 0 Å². The van der Waals surface area contributed by atoms with E-state index in [1.165, 1.54) is 11.8 Å². The maximum atomic E-state index is 10.0. The largest absolute Gasteiger partial charge is 0.481 e. The molecule has 60 valence electrons. The van der Waals surface area contributed by atoms with Gasteiger partial charge in [-0.2, -0.15) is 23.5 Å². The van der Waals surface area contributed by atoms with Crippen LogP contribution < -0.4 is 0 Å². The third-order valence-electron chi connectivity index (χ3n) is 0.863. The second-order valence-corrected chi connectivity index (χ2v) is 3.88. The molecule has 2 nitrogen and oxygen atoms in total. The van der Waals surface area contributed by atoms with Crippen LogP contribution >= 0.6 is 23.5 Å². The smallest absolute Gasteiger partial charge is 0.313 e. The van der Waals surface area contributed by atoms with E-state index in [0.717, 1.165) is 17.9 Å². The van der Waals surface area contributed by atoms with Crippen LogP contribution in [0.3, 0.4) is 0 Å². The lowest BCUT2D eigenvalue weighted by Crippen LogP contribution is -1.98. The molecular weight excluding hydrogens is 168 g/mol. The first-order valence-corrected chi connectivity index (χ1v) is 5.60. The minimum absolute atomic E-state index is 0.244. The Morgan fingerprint density at radius 3 is 2.70 bits per heavy atom. The average molecular weight is 180 g/mol. The molecular formula is C6H12O2S2. The predicted molar refractivity (Wildman–Crippen MR) is 48.0 cm³/mol. The topological polar surface area (TPSA) is 37.3 Å². The Kier molecular flexibility index (Phi) is 7.40. The molecule has 0 rings (SSSR count). The van der Waals surface area contributed by atoms with E-state index in [1.807, 2.05) is 0 Å². The van der Waals surface area contributed by atoms with Crippen LogP contribution in [0.25, 0.3) is 0 Å². The zero-order valence-corrected chi connectivity index (χ0v) is 7.63. The van der Waals surface area contributed by atoms with Gasteiger partial charge < -0.3 is 5.11 Å². The third kappa shape index (κ3) is 8.17. The second-order valence-electron chi connectivity index (χ2n) is 1.79. The number of rotatable bonds is 6. The normalized spacial score (nSPS) is 9.70. The molecule has 4 heteroatoms. The van der Waals surface area contributed by atoms with Crippen LogP contribution in [0.5, 0.6) is 0 Å². The summed E-state index contributed by atoms with van der Waals surface area (Å²) in [7, 11) is 0. The van der Waals surface area contributed by atoms with Gasteiger partial charge in [-0.3, -0.25) is 4.79 Å². The van der Waals surface area contributed by atoms with Crippen molar-refractivity contribution in [3.63, 3.8) is 0 Å². The molecule has 0 amide bonds. The van der Waals surface area contributed by atoms with Crippen molar-refractivity contribution in [1.29, 1.82) is 0 Å². The standard InChI is InChI=1S/C6H12O2S2/c1-9-3-2-4-10-5-6(7)8/h2-5H2,1H3,(H,7,8). The van der Waals surface area contributed by atoms with Crippen molar-refractivity contribution in [1.82, 2.24) is 0 Å². The van der Waals surface area contributed by atoms with E-state index in [4.69, 9.17) is 5.11 Å². The third-order valence-corrected chi connectivity index (χ3v) is 2.59. The molecule has 0 heterocycles. The lowest BCUT2D eigenvalue weighted by atomic mass is 10.6. The summed E-state index contributed by atoms with van der Waals surface area (Å²) >= 11 is 3.29. The molecule has 1 N–H and O–H groups in total. The van der Waals surface area contributed by atoms with Crippen molar-refractivity contribution >= 4 is 29.5 Å². The molecule has 0 radical (unpaired) electrons. The predicted octanol–water partition coefficient (Wildman–Crippen LogP) is 1.56. The van der Waals surface area contributed by atoms with Crippen molar-refractivity contribution in [3.05, 3.63) is 0 Å². The highest BCUT2D eigenvalue weighted by atomic mass is 32.2. The number of thioether (sulfide) groups is 2.